The summed E-state index contributed by atoms with van der Waals surface area (Å²) in [7, 11) is 0. The van der Waals surface area contributed by atoms with Crippen LogP contribution in [0.25, 0.3) is 10.9 Å². The van der Waals surface area contributed by atoms with Crippen LogP contribution >= 0.6 is 0 Å². The first-order valence-electron chi connectivity index (χ1n) is 12.8. The molecule has 2 aliphatic rings. The summed E-state index contributed by atoms with van der Waals surface area (Å²) in [5, 5.41) is 10.2. The first-order chi connectivity index (χ1) is 18.3. The van der Waals surface area contributed by atoms with Crippen molar-refractivity contribution in [2.45, 2.75) is 25.7 Å². The maximum absolute atomic E-state index is 13.9. The van der Waals surface area contributed by atoms with E-state index in [0.717, 1.165) is 5.39 Å². The molecule has 2 saturated heterocycles. The largest absolute Gasteiger partial charge is 0.481 e. The van der Waals surface area contributed by atoms with E-state index in [-0.39, 0.29) is 62.8 Å². The molecule has 1 atom stereocenters. The summed E-state index contributed by atoms with van der Waals surface area (Å²) < 4.78 is 10.6. The number of pyridine rings is 1. The molecule has 2 aliphatic heterocycles. The Hall–Kier alpha value is -3.93. The molecule has 4 rings (SSSR count). The molecular weight excluding hydrogens is 494 g/mol. The normalized spacial score (nSPS) is 16.8. The summed E-state index contributed by atoms with van der Waals surface area (Å²) in [4.78, 5) is 60.3. The lowest BCUT2D eigenvalue weighted by molar-refractivity contribution is -0.138. The summed E-state index contributed by atoms with van der Waals surface area (Å²) in [6, 6.07) is 7.31. The summed E-state index contributed by atoms with van der Waals surface area (Å²) >= 11 is 0. The lowest BCUT2D eigenvalue weighted by Gasteiger charge is -2.36. The summed E-state index contributed by atoms with van der Waals surface area (Å²) in [5.41, 5.74) is 7.39. The third-order valence-electron chi connectivity index (χ3n) is 6.86. The number of carboxylic acid groups (broad SMARTS) is 1. The van der Waals surface area contributed by atoms with Gasteiger partial charge in [-0.15, -0.1) is 0 Å². The third-order valence-corrected chi connectivity index (χ3v) is 6.86. The molecule has 1 aromatic heterocycles. The van der Waals surface area contributed by atoms with Gasteiger partial charge in [0.1, 0.15) is 0 Å². The van der Waals surface area contributed by atoms with Crippen molar-refractivity contribution in [3.63, 3.8) is 0 Å². The Kier molecular flexibility index (Phi) is 8.62. The number of aliphatic carboxylic acids is 1. The molecule has 12 nitrogen and oxygen atoms in total. The van der Waals surface area contributed by atoms with Crippen molar-refractivity contribution in [3.05, 3.63) is 35.5 Å². The number of aromatic nitrogens is 1. The predicted molar refractivity (Wildman–Crippen MR) is 138 cm³/mol. The standard InChI is InChI=1S/C26H33N5O7/c1-2-38-26(36)31-11-9-30(10-12-31)25(35)18(7-8-20(32)33)22-21(24(27)34)23(29-13-15-37-16-14-29)17-5-3-4-6-19(17)28-22/h3-6,18H,2,7-16H2,1H3,(H2,27,34)(H,32,33). The lowest BCUT2D eigenvalue weighted by Crippen LogP contribution is -2.52. The molecule has 2 aromatic rings. The van der Waals surface area contributed by atoms with Crippen LogP contribution < -0.4 is 10.6 Å². The number of anilines is 1. The molecule has 3 heterocycles. The topological polar surface area (TPSA) is 156 Å². The molecule has 0 aliphatic carbocycles. The van der Waals surface area contributed by atoms with E-state index in [1.165, 1.54) is 4.90 Å². The second-order valence-electron chi connectivity index (χ2n) is 9.20. The van der Waals surface area contributed by atoms with Gasteiger partial charge in [-0.3, -0.25) is 19.4 Å². The number of morpholine rings is 1. The number of primary amides is 1. The van der Waals surface area contributed by atoms with E-state index in [0.29, 0.717) is 37.5 Å². The van der Waals surface area contributed by atoms with E-state index < -0.39 is 23.9 Å². The van der Waals surface area contributed by atoms with Crippen molar-refractivity contribution < 1.29 is 33.8 Å². The zero-order chi connectivity index (χ0) is 27.2. The van der Waals surface area contributed by atoms with Crippen LogP contribution in [0.1, 0.15) is 41.7 Å². The lowest BCUT2D eigenvalue weighted by atomic mass is 9.90. The second kappa shape index (κ2) is 12.1. The summed E-state index contributed by atoms with van der Waals surface area (Å²) in [5.74, 6) is -3.16. The Morgan fingerprint density at radius 3 is 2.34 bits per heavy atom. The molecule has 12 heteroatoms. The number of benzene rings is 1. The van der Waals surface area contributed by atoms with Gasteiger partial charge in [-0.25, -0.2) is 4.79 Å². The Balaban J connectivity index is 1.76. The average Bonchev–Trinajstić information content (AvgIpc) is 2.92. The maximum Gasteiger partial charge on any atom is 0.409 e. The van der Waals surface area contributed by atoms with Crippen molar-refractivity contribution in [1.29, 1.82) is 0 Å². The van der Waals surface area contributed by atoms with Gasteiger partial charge in [0, 0.05) is 51.1 Å². The Labute approximate surface area is 220 Å². The number of hydrogen-bond acceptors (Lipinski definition) is 8. The van der Waals surface area contributed by atoms with Crippen molar-refractivity contribution in [3.8, 4) is 0 Å². The summed E-state index contributed by atoms with van der Waals surface area (Å²) in [6.45, 7) is 5.02. The van der Waals surface area contributed by atoms with Gasteiger partial charge in [0.15, 0.2) is 0 Å². The highest BCUT2D eigenvalue weighted by molar-refractivity contribution is 6.09. The highest BCUT2D eigenvalue weighted by Gasteiger charge is 2.36. The van der Waals surface area contributed by atoms with Crippen molar-refractivity contribution in [2.75, 3.05) is 64.0 Å². The minimum atomic E-state index is -1.07. The number of ether oxygens (including phenoxy) is 2. The molecule has 38 heavy (non-hydrogen) atoms. The quantitative estimate of drug-likeness (QED) is 0.518. The van der Waals surface area contributed by atoms with Gasteiger partial charge in [-0.2, -0.15) is 0 Å². The SMILES string of the molecule is CCOC(=O)N1CCN(C(=O)C(CCC(=O)O)c2nc3ccccc3c(N3CCOCC3)c2C(N)=O)CC1. The van der Waals surface area contributed by atoms with Crippen LogP contribution in [0.2, 0.25) is 0 Å². The highest BCUT2D eigenvalue weighted by atomic mass is 16.6. The Bertz CT molecular complexity index is 1210. The number of rotatable bonds is 8. The molecule has 0 spiro atoms. The van der Waals surface area contributed by atoms with Crippen LogP contribution in [0.3, 0.4) is 0 Å². The third kappa shape index (κ3) is 5.80. The number of carbonyl (C=O) groups excluding carboxylic acids is 3. The van der Waals surface area contributed by atoms with Crippen molar-refractivity contribution >= 4 is 40.5 Å². The second-order valence-corrected chi connectivity index (χ2v) is 9.20. The fourth-order valence-electron chi connectivity index (χ4n) is 5.01. The van der Waals surface area contributed by atoms with Crippen molar-refractivity contribution in [1.82, 2.24) is 14.8 Å². The maximum atomic E-state index is 13.9. The van der Waals surface area contributed by atoms with Gasteiger partial charge in [-0.1, -0.05) is 18.2 Å². The van der Waals surface area contributed by atoms with E-state index in [9.17, 15) is 24.3 Å². The number of nitrogens with zero attached hydrogens (tertiary/aromatic N) is 4. The number of para-hydroxylation sites is 1. The van der Waals surface area contributed by atoms with E-state index in [1.54, 1.807) is 17.9 Å². The van der Waals surface area contributed by atoms with Crippen LogP contribution in [0, 0.1) is 0 Å². The van der Waals surface area contributed by atoms with Gasteiger partial charge < -0.3 is 35.0 Å². The summed E-state index contributed by atoms with van der Waals surface area (Å²) in [6.07, 6.45) is -0.788. The monoisotopic (exact) mass is 527 g/mol. The van der Waals surface area contributed by atoms with Crippen LogP contribution in [0.5, 0.6) is 0 Å². The minimum Gasteiger partial charge on any atom is -0.481 e. The molecule has 3 N–H and O–H groups in total. The van der Waals surface area contributed by atoms with Crippen LogP contribution in [-0.4, -0.2) is 103 Å². The van der Waals surface area contributed by atoms with Crippen LogP contribution in [-0.2, 0) is 19.1 Å². The molecular formula is C26H33N5O7. The Morgan fingerprint density at radius 1 is 1.05 bits per heavy atom. The van der Waals surface area contributed by atoms with Gasteiger partial charge in [0.2, 0.25) is 5.91 Å². The van der Waals surface area contributed by atoms with Crippen molar-refractivity contribution in [2.24, 2.45) is 5.73 Å². The fourth-order valence-corrected chi connectivity index (χ4v) is 5.01. The van der Waals surface area contributed by atoms with Crippen LogP contribution in [0.4, 0.5) is 10.5 Å². The van der Waals surface area contributed by atoms with Gasteiger partial charge in [0.25, 0.3) is 5.91 Å². The molecule has 0 radical (unpaired) electrons. The fraction of sp³-hybridized carbons (Fsp3) is 0.500. The zero-order valence-corrected chi connectivity index (χ0v) is 21.4. The first-order valence-corrected chi connectivity index (χ1v) is 12.8. The van der Waals surface area contributed by atoms with Gasteiger partial charge in [0.05, 0.1) is 48.2 Å². The molecule has 204 valence electrons. The number of nitrogens with two attached hydrogens (primary N) is 1. The minimum absolute atomic E-state index is 0.0551. The number of hydrogen-bond donors (Lipinski definition) is 2. The van der Waals surface area contributed by atoms with Gasteiger partial charge >= 0.3 is 12.1 Å². The smallest absolute Gasteiger partial charge is 0.409 e. The predicted octanol–water partition coefficient (Wildman–Crippen LogP) is 1.42. The zero-order valence-electron chi connectivity index (χ0n) is 21.4. The number of carboxylic acids is 1. The number of piperazine rings is 1. The van der Waals surface area contributed by atoms with E-state index in [1.807, 2.05) is 23.1 Å². The molecule has 0 bridgehead atoms. The molecule has 3 amide bonds. The molecule has 1 aromatic carbocycles. The van der Waals surface area contributed by atoms with Crippen LogP contribution in [0.15, 0.2) is 24.3 Å². The van der Waals surface area contributed by atoms with Gasteiger partial charge in [-0.05, 0) is 19.4 Å². The molecule has 2 fully saturated rings. The first kappa shape index (κ1) is 27.1. The Morgan fingerprint density at radius 2 is 1.71 bits per heavy atom. The van der Waals surface area contributed by atoms with E-state index >= 15 is 0 Å². The number of fused-ring (bicyclic) bond motifs is 1. The molecule has 1 unspecified atom stereocenters. The highest BCUT2D eigenvalue weighted by Crippen LogP contribution is 2.37. The van der Waals surface area contributed by atoms with E-state index in [2.05, 4.69) is 0 Å². The average molecular weight is 528 g/mol. The number of carbonyl (C=O) groups is 4. The van der Waals surface area contributed by atoms with E-state index in [4.69, 9.17) is 20.2 Å². The molecule has 0 saturated carbocycles. The number of amides is 3.